The number of carbonyl (C=O) groups excluding carboxylic acids is 1. The quantitative estimate of drug-likeness (QED) is 0.754. The summed E-state index contributed by atoms with van der Waals surface area (Å²) in [6, 6.07) is 0.755. The first-order valence-corrected chi connectivity index (χ1v) is 7.22. The van der Waals surface area contributed by atoms with E-state index in [-0.39, 0.29) is 5.78 Å². The highest BCUT2D eigenvalue weighted by molar-refractivity contribution is 5.72. The van der Waals surface area contributed by atoms with Crippen LogP contribution >= 0.6 is 0 Å². The Labute approximate surface area is 111 Å². The van der Waals surface area contributed by atoms with Crippen LogP contribution in [0.3, 0.4) is 0 Å². The van der Waals surface area contributed by atoms with Crippen molar-refractivity contribution in [3.8, 4) is 0 Å². The molecule has 0 bridgehead atoms. The van der Waals surface area contributed by atoms with Gasteiger partial charge in [0.15, 0.2) is 0 Å². The van der Waals surface area contributed by atoms with E-state index in [1.54, 1.807) is 0 Å². The number of carbonyl (C=O) groups is 1. The summed E-state index contributed by atoms with van der Waals surface area (Å²) in [5.41, 5.74) is 0. The maximum Gasteiger partial charge on any atom is 0.126 e. The normalized spacial score (nSPS) is 9.47. The van der Waals surface area contributed by atoms with Gasteiger partial charge in [0.05, 0.1) is 0 Å². The molecule has 1 unspecified atom stereocenters. The Balaban J connectivity index is -0.0000000887. The predicted molar refractivity (Wildman–Crippen MR) is 81.7 cm³/mol. The smallest absolute Gasteiger partial charge is 0.126 e. The number of Topliss-reactive ketones (excluding diaryl/α,β-unsaturated/α-hetero) is 1. The molecule has 0 aliphatic heterocycles. The summed E-state index contributed by atoms with van der Waals surface area (Å²) in [7, 11) is 2.05. The van der Waals surface area contributed by atoms with Gasteiger partial charge in [-0.3, -0.25) is 0 Å². The van der Waals surface area contributed by atoms with Gasteiger partial charge in [-0.25, -0.2) is 0 Å². The van der Waals surface area contributed by atoms with Crippen LogP contribution in [-0.2, 0) is 4.79 Å². The van der Waals surface area contributed by atoms with Crippen LogP contribution < -0.4 is 5.32 Å². The van der Waals surface area contributed by atoms with Crippen LogP contribution in [0.25, 0.3) is 0 Å². The maximum atomic E-state index is 9.44. The van der Waals surface area contributed by atoms with Gasteiger partial charge in [-0.15, -0.1) is 0 Å². The summed E-state index contributed by atoms with van der Waals surface area (Å²) >= 11 is 0. The van der Waals surface area contributed by atoms with Gasteiger partial charge in [-0.05, 0) is 33.7 Å². The molecule has 0 spiro atoms. The largest absolute Gasteiger partial charge is 0.317 e. The standard InChI is InChI=1S/C8H19N.C3H6O.2C2H6/c1-4-6-7-8(5-2)9-3;1-3(2)4;2*1-2/h8-9H,4-7H2,1-3H3;1-2H3;2*1-2H3. The third-order valence-corrected chi connectivity index (χ3v) is 1.81. The summed E-state index contributed by atoms with van der Waals surface area (Å²) in [5, 5.41) is 3.29. The molecule has 1 N–H and O–H groups in total. The highest BCUT2D eigenvalue weighted by atomic mass is 16.1. The first-order valence-electron chi connectivity index (χ1n) is 7.22. The van der Waals surface area contributed by atoms with Crippen LogP contribution in [0.1, 0.15) is 81.1 Å². The van der Waals surface area contributed by atoms with Crippen molar-refractivity contribution in [3.63, 3.8) is 0 Å². The molecular formula is C15H37NO. The van der Waals surface area contributed by atoms with Gasteiger partial charge >= 0.3 is 0 Å². The summed E-state index contributed by atoms with van der Waals surface area (Å²) in [4.78, 5) is 9.44. The number of hydrogen-bond acceptors (Lipinski definition) is 2. The maximum absolute atomic E-state index is 9.44. The third-order valence-electron chi connectivity index (χ3n) is 1.81. The van der Waals surface area contributed by atoms with Gasteiger partial charge in [-0.1, -0.05) is 54.4 Å². The van der Waals surface area contributed by atoms with E-state index in [9.17, 15) is 4.79 Å². The van der Waals surface area contributed by atoms with Gasteiger partial charge in [0, 0.05) is 6.04 Å². The molecule has 0 aromatic rings. The molecule has 0 aliphatic carbocycles. The third kappa shape index (κ3) is 49.9. The molecule has 0 radical (unpaired) electrons. The van der Waals surface area contributed by atoms with Gasteiger partial charge in [0.25, 0.3) is 0 Å². The first kappa shape index (κ1) is 25.5. The van der Waals surface area contributed by atoms with Gasteiger partial charge in [0.2, 0.25) is 0 Å². The van der Waals surface area contributed by atoms with Crippen molar-refractivity contribution in [2.45, 2.75) is 87.1 Å². The summed E-state index contributed by atoms with van der Waals surface area (Å²) in [6.07, 6.45) is 5.28. The van der Waals surface area contributed by atoms with E-state index < -0.39 is 0 Å². The van der Waals surface area contributed by atoms with Gasteiger partial charge in [-0.2, -0.15) is 0 Å². The Bertz CT molecular complexity index is 105. The first-order chi connectivity index (χ1) is 8.08. The second kappa shape index (κ2) is 29.6. The summed E-state index contributed by atoms with van der Waals surface area (Å²) in [6.45, 7) is 15.5. The lowest BCUT2D eigenvalue weighted by Gasteiger charge is -2.11. The highest BCUT2D eigenvalue weighted by Crippen LogP contribution is 2.02. The van der Waals surface area contributed by atoms with Gasteiger partial charge < -0.3 is 10.1 Å². The minimum Gasteiger partial charge on any atom is -0.317 e. The lowest BCUT2D eigenvalue weighted by Crippen LogP contribution is -2.23. The van der Waals surface area contributed by atoms with E-state index in [0.717, 1.165) is 6.04 Å². The average Bonchev–Trinajstić information content (AvgIpc) is 2.35. The number of unbranched alkanes of at least 4 members (excludes halogenated alkanes) is 1. The summed E-state index contributed by atoms with van der Waals surface area (Å²) < 4.78 is 0. The molecule has 0 fully saturated rings. The van der Waals surface area contributed by atoms with E-state index >= 15 is 0 Å². The van der Waals surface area contributed by atoms with Crippen molar-refractivity contribution >= 4 is 5.78 Å². The van der Waals surface area contributed by atoms with Crippen LogP contribution in [-0.4, -0.2) is 18.9 Å². The SMILES string of the molecule is CC.CC.CC(C)=O.CCCCC(CC)NC. The Morgan fingerprint density at radius 1 is 1.06 bits per heavy atom. The second-order valence-corrected chi connectivity index (χ2v) is 3.44. The Morgan fingerprint density at radius 2 is 1.41 bits per heavy atom. The van der Waals surface area contributed by atoms with Crippen LogP contribution in [0.15, 0.2) is 0 Å². The van der Waals surface area contributed by atoms with E-state index in [2.05, 4.69) is 19.2 Å². The monoisotopic (exact) mass is 247 g/mol. The molecule has 17 heavy (non-hydrogen) atoms. The van der Waals surface area contributed by atoms with Crippen LogP contribution in [0, 0.1) is 0 Å². The Morgan fingerprint density at radius 3 is 1.59 bits per heavy atom. The minimum absolute atomic E-state index is 0.167. The molecule has 0 aliphatic rings. The molecule has 0 heterocycles. The van der Waals surface area contributed by atoms with Crippen LogP contribution in [0.2, 0.25) is 0 Å². The Hall–Kier alpha value is -0.370. The zero-order chi connectivity index (χ0) is 14.7. The fourth-order valence-corrected chi connectivity index (χ4v) is 1.00. The van der Waals surface area contributed by atoms with Crippen molar-refractivity contribution in [1.82, 2.24) is 5.32 Å². The molecule has 2 heteroatoms. The van der Waals surface area contributed by atoms with Crippen LogP contribution in [0.5, 0.6) is 0 Å². The van der Waals surface area contributed by atoms with Gasteiger partial charge in [0.1, 0.15) is 5.78 Å². The molecule has 0 rings (SSSR count). The van der Waals surface area contributed by atoms with E-state index in [0.29, 0.717) is 0 Å². The molecule has 0 saturated carbocycles. The van der Waals surface area contributed by atoms with E-state index in [1.165, 1.54) is 39.5 Å². The molecule has 0 aromatic heterocycles. The van der Waals surface area contributed by atoms with E-state index in [4.69, 9.17) is 0 Å². The van der Waals surface area contributed by atoms with Crippen molar-refractivity contribution in [2.24, 2.45) is 0 Å². The molecule has 1 atom stereocenters. The number of rotatable bonds is 5. The average molecular weight is 247 g/mol. The zero-order valence-corrected chi connectivity index (χ0v) is 13.8. The Kier molecular flexibility index (Phi) is 44.4. The molecular weight excluding hydrogens is 210 g/mol. The van der Waals surface area contributed by atoms with Crippen LogP contribution in [0.4, 0.5) is 0 Å². The molecule has 108 valence electrons. The number of ketones is 1. The fraction of sp³-hybridized carbons (Fsp3) is 0.933. The lowest BCUT2D eigenvalue weighted by atomic mass is 10.1. The van der Waals surface area contributed by atoms with E-state index in [1.807, 2.05) is 34.7 Å². The van der Waals surface area contributed by atoms with Crippen molar-refractivity contribution in [3.05, 3.63) is 0 Å². The molecule has 0 amide bonds. The highest BCUT2D eigenvalue weighted by Gasteiger charge is 1.99. The zero-order valence-electron chi connectivity index (χ0n) is 13.8. The van der Waals surface area contributed by atoms with Crippen molar-refractivity contribution in [1.29, 1.82) is 0 Å². The molecule has 0 saturated heterocycles. The number of hydrogen-bond donors (Lipinski definition) is 1. The molecule has 0 aromatic carbocycles. The number of nitrogens with one attached hydrogen (secondary N) is 1. The summed E-state index contributed by atoms with van der Waals surface area (Å²) in [5.74, 6) is 0.167. The molecule has 2 nitrogen and oxygen atoms in total. The van der Waals surface area contributed by atoms with Crippen molar-refractivity contribution in [2.75, 3.05) is 7.05 Å². The predicted octanol–water partition coefficient (Wildman–Crippen LogP) is 4.82. The second-order valence-electron chi connectivity index (χ2n) is 3.44. The van der Waals surface area contributed by atoms with Crippen molar-refractivity contribution < 1.29 is 4.79 Å². The minimum atomic E-state index is 0.167. The lowest BCUT2D eigenvalue weighted by molar-refractivity contribution is -0.114. The fourth-order valence-electron chi connectivity index (χ4n) is 1.00. The topological polar surface area (TPSA) is 29.1 Å².